The van der Waals surface area contributed by atoms with Gasteiger partial charge < -0.3 is 35.7 Å². The van der Waals surface area contributed by atoms with Crippen molar-refractivity contribution < 1.29 is 45.3 Å². The molecule has 0 spiro atoms. The summed E-state index contributed by atoms with van der Waals surface area (Å²) < 4.78 is 0. The van der Waals surface area contributed by atoms with Crippen molar-refractivity contribution in [3.8, 4) is 23.0 Å². The smallest absolute Gasteiger partial charge is 0.332 e. The minimum absolute atomic E-state index is 0.110. The lowest BCUT2D eigenvalue weighted by Crippen LogP contribution is -2.23. The lowest BCUT2D eigenvalue weighted by molar-refractivity contribution is -0.146. The Balaban J connectivity index is 2.62. The van der Waals surface area contributed by atoms with Crippen molar-refractivity contribution in [1.29, 1.82) is 0 Å². The molecule has 0 bridgehead atoms. The third-order valence-electron chi connectivity index (χ3n) is 4.09. The lowest BCUT2D eigenvalue weighted by atomic mass is 9.84. The van der Waals surface area contributed by atoms with Gasteiger partial charge in [-0.3, -0.25) is 4.79 Å². The second-order valence-corrected chi connectivity index (χ2v) is 6.00. The van der Waals surface area contributed by atoms with Gasteiger partial charge in [0.25, 0.3) is 0 Å². The standard InChI is InChI=1S/C18H18O9/c19-12-2-1-8(3-13(12)20)11(7-17(24)25)10-6-15(22)14(21)4-9(10)5-16(23)18(26)27/h1-4,6,11,16,19-23H,5,7H2,(H,24,25)(H,26,27)/t11-,16-/m1/s1. The number of benzene rings is 2. The summed E-state index contributed by atoms with van der Waals surface area (Å²) in [7, 11) is 0. The van der Waals surface area contributed by atoms with E-state index in [4.69, 9.17) is 5.11 Å². The molecule has 0 amide bonds. The monoisotopic (exact) mass is 378 g/mol. The number of carboxylic acids is 2. The van der Waals surface area contributed by atoms with Crippen LogP contribution in [0.4, 0.5) is 0 Å². The molecule has 7 N–H and O–H groups in total. The van der Waals surface area contributed by atoms with Crippen LogP contribution < -0.4 is 0 Å². The molecule has 0 saturated carbocycles. The third kappa shape index (κ3) is 4.59. The number of aliphatic hydroxyl groups is 1. The average molecular weight is 378 g/mol. The first-order valence-electron chi connectivity index (χ1n) is 7.79. The molecule has 2 rings (SSSR count). The van der Waals surface area contributed by atoms with Gasteiger partial charge in [0.05, 0.1) is 6.42 Å². The van der Waals surface area contributed by atoms with E-state index in [-0.39, 0.29) is 16.7 Å². The number of aromatic hydroxyl groups is 4. The minimum atomic E-state index is -1.81. The van der Waals surface area contributed by atoms with E-state index in [1.54, 1.807) is 0 Å². The molecule has 0 saturated heterocycles. The van der Waals surface area contributed by atoms with Crippen LogP contribution in [0.1, 0.15) is 29.0 Å². The van der Waals surface area contributed by atoms with E-state index >= 15 is 0 Å². The van der Waals surface area contributed by atoms with Gasteiger partial charge in [-0.2, -0.15) is 0 Å². The molecule has 0 aromatic heterocycles. The molecule has 0 aliphatic heterocycles. The van der Waals surface area contributed by atoms with Gasteiger partial charge in [-0.15, -0.1) is 0 Å². The van der Waals surface area contributed by atoms with Crippen molar-refractivity contribution in [3.63, 3.8) is 0 Å². The molecule has 9 nitrogen and oxygen atoms in total. The van der Waals surface area contributed by atoms with Gasteiger partial charge in [-0.1, -0.05) is 6.07 Å². The van der Waals surface area contributed by atoms with E-state index in [2.05, 4.69) is 0 Å². The first kappa shape index (κ1) is 19.9. The molecule has 27 heavy (non-hydrogen) atoms. The SMILES string of the molecule is O=C(O)C[C@H](c1ccc(O)c(O)c1)c1cc(O)c(O)cc1C[C@@H](O)C(=O)O. The average Bonchev–Trinajstić information content (AvgIpc) is 2.58. The largest absolute Gasteiger partial charge is 0.504 e. The van der Waals surface area contributed by atoms with Crippen molar-refractivity contribution in [2.75, 3.05) is 0 Å². The van der Waals surface area contributed by atoms with Gasteiger partial charge in [-0.25, -0.2) is 4.79 Å². The van der Waals surface area contributed by atoms with Crippen LogP contribution in [0.3, 0.4) is 0 Å². The third-order valence-corrected chi connectivity index (χ3v) is 4.09. The maximum absolute atomic E-state index is 11.3. The maximum atomic E-state index is 11.3. The molecule has 0 aliphatic rings. The van der Waals surface area contributed by atoms with Crippen LogP contribution in [-0.2, 0) is 16.0 Å². The molecule has 2 aromatic carbocycles. The van der Waals surface area contributed by atoms with E-state index in [1.807, 2.05) is 0 Å². The van der Waals surface area contributed by atoms with Gasteiger partial charge in [0, 0.05) is 12.3 Å². The molecule has 0 fully saturated rings. The molecule has 0 heterocycles. The summed E-state index contributed by atoms with van der Waals surface area (Å²) in [4.78, 5) is 22.3. The van der Waals surface area contributed by atoms with Gasteiger partial charge in [0.1, 0.15) is 0 Å². The molecular formula is C18H18O9. The number of aliphatic carboxylic acids is 2. The Morgan fingerprint density at radius 2 is 1.44 bits per heavy atom. The molecule has 9 heteroatoms. The molecule has 144 valence electrons. The Labute approximate surface area is 153 Å². The van der Waals surface area contributed by atoms with Crippen LogP contribution in [0.5, 0.6) is 23.0 Å². The van der Waals surface area contributed by atoms with Gasteiger partial charge >= 0.3 is 11.9 Å². The molecular weight excluding hydrogens is 360 g/mol. The van der Waals surface area contributed by atoms with E-state index < -0.39 is 59.8 Å². The molecule has 0 unspecified atom stereocenters. The highest BCUT2D eigenvalue weighted by molar-refractivity contribution is 5.73. The molecule has 0 radical (unpaired) electrons. The molecule has 0 aliphatic carbocycles. The summed E-state index contributed by atoms with van der Waals surface area (Å²) in [5.41, 5.74) is 0.529. The van der Waals surface area contributed by atoms with Crippen molar-refractivity contribution in [1.82, 2.24) is 0 Å². The zero-order valence-corrected chi connectivity index (χ0v) is 13.9. The Bertz CT molecular complexity index is 875. The fourth-order valence-corrected chi connectivity index (χ4v) is 2.77. The molecule has 2 atom stereocenters. The second kappa shape index (κ2) is 7.83. The first-order valence-corrected chi connectivity index (χ1v) is 7.79. The van der Waals surface area contributed by atoms with Crippen LogP contribution in [0, 0.1) is 0 Å². The highest BCUT2D eigenvalue weighted by atomic mass is 16.4. The Hall–Kier alpha value is -3.46. The lowest BCUT2D eigenvalue weighted by Gasteiger charge is -2.21. The Morgan fingerprint density at radius 3 is 2.00 bits per heavy atom. The summed E-state index contributed by atoms with van der Waals surface area (Å²) >= 11 is 0. The van der Waals surface area contributed by atoms with E-state index in [0.717, 1.165) is 24.3 Å². The first-order chi connectivity index (χ1) is 12.6. The van der Waals surface area contributed by atoms with E-state index in [0.29, 0.717) is 0 Å². The van der Waals surface area contributed by atoms with Crippen molar-refractivity contribution in [3.05, 3.63) is 47.0 Å². The Kier molecular flexibility index (Phi) is 5.76. The summed E-state index contributed by atoms with van der Waals surface area (Å²) in [6.07, 6.45) is -2.75. The van der Waals surface area contributed by atoms with E-state index in [1.165, 1.54) is 6.07 Å². The Morgan fingerprint density at radius 1 is 0.852 bits per heavy atom. The normalized spacial score (nSPS) is 13.1. The van der Waals surface area contributed by atoms with Crippen molar-refractivity contribution >= 4 is 11.9 Å². The van der Waals surface area contributed by atoms with Crippen LogP contribution in [-0.4, -0.2) is 53.8 Å². The van der Waals surface area contributed by atoms with Crippen LogP contribution in [0.2, 0.25) is 0 Å². The predicted molar refractivity (Wildman–Crippen MR) is 91.0 cm³/mol. The number of phenolic OH excluding ortho intramolecular Hbond substituents is 4. The summed E-state index contributed by atoms with van der Waals surface area (Å²) in [6.45, 7) is 0. The number of phenols is 4. The predicted octanol–water partition coefficient (Wildman–Crippen LogP) is 1.10. The zero-order valence-electron chi connectivity index (χ0n) is 13.9. The number of carboxylic acid groups (broad SMARTS) is 2. The van der Waals surface area contributed by atoms with Crippen LogP contribution in [0.25, 0.3) is 0 Å². The van der Waals surface area contributed by atoms with Gasteiger partial charge in [0.15, 0.2) is 29.1 Å². The van der Waals surface area contributed by atoms with Crippen molar-refractivity contribution in [2.24, 2.45) is 0 Å². The second-order valence-electron chi connectivity index (χ2n) is 6.00. The zero-order chi connectivity index (χ0) is 20.3. The van der Waals surface area contributed by atoms with Crippen molar-refractivity contribution in [2.45, 2.75) is 24.9 Å². The number of hydrogen-bond acceptors (Lipinski definition) is 7. The fraction of sp³-hybridized carbons (Fsp3) is 0.222. The van der Waals surface area contributed by atoms with Crippen LogP contribution >= 0.6 is 0 Å². The summed E-state index contributed by atoms with van der Waals surface area (Å²) in [6, 6.07) is 5.79. The highest BCUT2D eigenvalue weighted by Crippen LogP contribution is 2.39. The fourth-order valence-electron chi connectivity index (χ4n) is 2.77. The minimum Gasteiger partial charge on any atom is -0.504 e. The number of rotatable bonds is 7. The van der Waals surface area contributed by atoms with Crippen LogP contribution in [0.15, 0.2) is 30.3 Å². The summed E-state index contributed by atoms with van der Waals surface area (Å²) in [5.74, 6) is -5.71. The van der Waals surface area contributed by atoms with Gasteiger partial charge in [-0.05, 0) is 41.0 Å². The topological polar surface area (TPSA) is 176 Å². The maximum Gasteiger partial charge on any atom is 0.332 e. The summed E-state index contributed by atoms with van der Waals surface area (Å²) in [5, 5.41) is 66.5. The quantitative estimate of drug-likeness (QED) is 0.348. The number of hydrogen-bond donors (Lipinski definition) is 7. The highest BCUT2D eigenvalue weighted by Gasteiger charge is 2.26. The molecule has 2 aromatic rings. The number of aliphatic hydroxyl groups excluding tert-OH is 1. The van der Waals surface area contributed by atoms with Gasteiger partial charge in [0.2, 0.25) is 0 Å². The van der Waals surface area contributed by atoms with E-state index in [9.17, 15) is 40.2 Å². The number of carbonyl (C=O) groups is 2.